The molecule has 0 unspecified atom stereocenters. The Labute approximate surface area is 145 Å². The minimum absolute atomic E-state index is 0.0780. The summed E-state index contributed by atoms with van der Waals surface area (Å²) in [6.07, 6.45) is 3.44. The fourth-order valence-corrected chi connectivity index (χ4v) is 3.36. The minimum Gasteiger partial charge on any atom is -0.395 e. The Morgan fingerprint density at radius 2 is 2.00 bits per heavy atom. The van der Waals surface area contributed by atoms with E-state index in [4.69, 9.17) is 5.11 Å². The normalized spacial score (nSPS) is 11.8. The van der Waals surface area contributed by atoms with Crippen LogP contribution < -0.4 is 5.32 Å². The summed E-state index contributed by atoms with van der Waals surface area (Å²) in [6, 6.07) is 7.52. The van der Waals surface area contributed by atoms with Gasteiger partial charge in [0, 0.05) is 24.3 Å². The molecule has 0 aliphatic rings. The van der Waals surface area contributed by atoms with Gasteiger partial charge in [0.15, 0.2) is 9.84 Å². The van der Waals surface area contributed by atoms with Crippen LogP contribution in [0.2, 0.25) is 0 Å². The summed E-state index contributed by atoms with van der Waals surface area (Å²) in [7, 11) is -3.29. The van der Waals surface area contributed by atoms with Gasteiger partial charge in [-0.1, -0.05) is 12.1 Å². The van der Waals surface area contributed by atoms with Gasteiger partial charge in [0.1, 0.15) is 11.6 Å². The summed E-state index contributed by atoms with van der Waals surface area (Å²) in [5, 5.41) is 12.7. The van der Waals surface area contributed by atoms with Crippen molar-refractivity contribution in [1.29, 1.82) is 0 Å². The van der Waals surface area contributed by atoms with E-state index in [1.807, 2.05) is 31.2 Å². The first-order chi connectivity index (χ1) is 12.0. The third-order valence-electron chi connectivity index (χ3n) is 3.74. The molecule has 0 saturated heterocycles. The van der Waals surface area contributed by atoms with E-state index < -0.39 is 9.84 Å². The number of sulfone groups is 1. The van der Waals surface area contributed by atoms with Gasteiger partial charge in [-0.05, 0) is 19.1 Å². The number of fused-ring (bicyclic) bond motifs is 1. The summed E-state index contributed by atoms with van der Waals surface area (Å²) in [4.78, 5) is 13.2. The molecular formula is C16H19N5O3S. The van der Waals surface area contributed by atoms with Crippen molar-refractivity contribution in [2.45, 2.75) is 6.92 Å². The van der Waals surface area contributed by atoms with Crippen molar-refractivity contribution < 1.29 is 13.5 Å². The maximum Gasteiger partial charge on any atom is 0.237 e. The molecule has 0 fully saturated rings. The van der Waals surface area contributed by atoms with Crippen LogP contribution in [0.25, 0.3) is 16.9 Å². The van der Waals surface area contributed by atoms with Crippen LogP contribution >= 0.6 is 0 Å². The van der Waals surface area contributed by atoms with E-state index in [9.17, 15) is 8.42 Å². The number of anilines is 1. The fourth-order valence-electron chi connectivity index (χ4n) is 2.46. The molecule has 0 saturated carbocycles. The molecule has 9 heteroatoms. The first-order valence-electron chi connectivity index (χ1n) is 7.82. The number of hydrogen-bond acceptors (Lipinski definition) is 7. The Morgan fingerprint density at radius 1 is 1.20 bits per heavy atom. The summed E-state index contributed by atoms with van der Waals surface area (Å²) >= 11 is 0. The molecule has 2 heterocycles. The number of rotatable bonds is 7. The molecule has 25 heavy (non-hydrogen) atoms. The molecule has 1 aromatic carbocycles. The van der Waals surface area contributed by atoms with Gasteiger partial charge in [0.25, 0.3) is 0 Å². The third kappa shape index (κ3) is 3.94. The molecule has 0 radical (unpaired) electrons. The van der Waals surface area contributed by atoms with E-state index in [2.05, 4.69) is 20.3 Å². The Bertz CT molecular complexity index is 984. The number of aliphatic hydroxyl groups is 1. The lowest BCUT2D eigenvalue weighted by atomic mass is 10.2. The second-order valence-electron chi connectivity index (χ2n) is 5.54. The van der Waals surface area contributed by atoms with E-state index in [0.717, 1.165) is 16.7 Å². The summed E-state index contributed by atoms with van der Waals surface area (Å²) in [6.45, 7) is 1.68. The van der Waals surface area contributed by atoms with Gasteiger partial charge in [0.2, 0.25) is 5.95 Å². The maximum atomic E-state index is 11.7. The van der Waals surface area contributed by atoms with E-state index in [0.29, 0.717) is 11.8 Å². The monoisotopic (exact) mass is 361 g/mol. The minimum atomic E-state index is -3.29. The van der Waals surface area contributed by atoms with Gasteiger partial charge >= 0.3 is 0 Å². The Hall–Kier alpha value is -2.52. The van der Waals surface area contributed by atoms with Crippen molar-refractivity contribution in [3.63, 3.8) is 0 Å². The van der Waals surface area contributed by atoms with Crippen LogP contribution in [0.15, 0.2) is 36.7 Å². The van der Waals surface area contributed by atoms with Crippen molar-refractivity contribution in [3.8, 4) is 5.95 Å². The zero-order valence-corrected chi connectivity index (χ0v) is 14.6. The maximum absolute atomic E-state index is 11.7. The SMILES string of the molecule is Cc1nccn1-c1nc(NCCS(=O)(=O)CCO)c2ccccc2n1. The van der Waals surface area contributed by atoms with Crippen LogP contribution in [0.4, 0.5) is 5.82 Å². The second kappa shape index (κ2) is 7.16. The van der Waals surface area contributed by atoms with Gasteiger partial charge in [-0.3, -0.25) is 4.57 Å². The Morgan fingerprint density at radius 3 is 2.72 bits per heavy atom. The van der Waals surface area contributed by atoms with Crippen molar-refractivity contribution in [3.05, 3.63) is 42.5 Å². The van der Waals surface area contributed by atoms with Crippen LogP contribution in [0, 0.1) is 6.92 Å². The standard InChI is InChI=1S/C16H19N5O3S/c1-12-17-6-8-21(12)16-19-14-5-3-2-4-13(14)15(20-16)18-7-10-25(23,24)11-9-22/h2-6,8,22H,7,9-11H2,1H3,(H,18,19,20). The molecular weight excluding hydrogens is 342 g/mol. The largest absolute Gasteiger partial charge is 0.395 e. The molecule has 0 atom stereocenters. The first-order valence-corrected chi connectivity index (χ1v) is 9.64. The average molecular weight is 361 g/mol. The highest BCUT2D eigenvalue weighted by Gasteiger charge is 2.13. The molecule has 3 rings (SSSR count). The summed E-state index contributed by atoms with van der Waals surface area (Å²) < 4.78 is 25.2. The zero-order chi connectivity index (χ0) is 17.9. The molecule has 0 aliphatic carbocycles. The smallest absolute Gasteiger partial charge is 0.237 e. The molecule has 0 spiro atoms. The van der Waals surface area contributed by atoms with Gasteiger partial charge in [-0.25, -0.2) is 18.4 Å². The van der Waals surface area contributed by atoms with E-state index in [-0.39, 0.29) is 24.7 Å². The van der Waals surface area contributed by atoms with E-state index >= 15 is 0 Å². The topological polar surface area (TPSA) is 110 Å². The van der Waals surface area contributed by atoms with Crippen LogP contribution in [0.3, 0.4) is 0 Å². The lowest BCUT2D eigenvalue weighted by molar-refractivity contribution is 0.319. The molecule has 0 bridgehead atoms. The van der Waals surface area contributed by atoms with Gasteiger partial charge in [-0.15, -0.1) is 0 Å². The quantitative estimate of drug-likeness (QED) is 0.644. The number of hydrogen-bond donors (Lipinski definition) is 2. The summed E-state index contributed by atoms with van der Waals surface area (Å²) in [5.74, 6) is 1.47. The number of nitrogens with one attached hydrogen (secondary N) is 1. The molecule has 0 amide bonds. The summed E-state index contributed by atoms with van der Waals surface area (Å²) in [5.41, 5.74) is 0.751. The van der Waals surface area contributed by atoms with E-state index in [1.165, 1.54) is 0 Å². The van der Waals surface area contributed by atoms with Gasteiger partial charge in [0.05, 0.1) is 23.6 Å². The van der Waals surface area contributed by atoms with E-state index in [1.54, 1.807) is 17.0 Å². The molecule has 8 nitrogen and oxygen atoms in total. The van der Waals surface area contributed by atoms with Crippen molar-refractivity contribution in [2.75, 3.05) is 30.0 Å². The first kappa shape index (κ1) is 17.3. The highest BCUT2D eigenvalue weighted by atomic mass is 32.2. The van der Waals surface area contributed by atoms with Crippen molar-refractivity contribution in [1.82, 2.24) is 19.5 Å². The number of aryl methyl sites for hydroxylation is 1. The number of imidazole rings is 1. The predicted octanol–water partition coefficient (Wildman–Crippen LogP) is 0.943. The molecule has 2 N–H and O–H groups in total. The van der Waals surface area contributed by atoms with Crippen LogP contribution in [0.1, 0.15) is 5.82 Å². The molecule has 2 aromatic heterocycles. The number of nitrogens with zero attached hydrogens (tertiary/aromatic N) is 4. The Balaban J connectivity index is 1.92. The third-order valence-corrected chi connectivity index (χ3v) is 5.37. The zero-order valence-electron chi connectivity index (χ0n) is 13.8. The van der Waals surface area contributed by atoms with Crippen LogP contribution in [-0.4, -0.2) is 57.7 Å². The van der Waals surface area contributed by atoms with Crippen LogP contribution in [-0.2, 0) is 9.84 Å². The lowest BCUT2D eigenvalue weighted by Crippen LogP contribution is -2.20. The highest BCUT2D eigenvalue weighted by molar-refractivity contribution is 7.91. The molecule has 132 valence electrons. The highest BCUT2D eigenvalue weighted by Crippen LogP contribution is 2.21. The number of aromatic nitrogens is 4. The lowest BCUT2D eigenvalue weighted by Gasteiger charge is -2.12. The number of benzene rings is 1. The van der Waals surface area contributed by atoms with Gasteiger partial charge < -0.3 is 10.4 Å². The van der Waals surface area contributed by atoms with Crippen molar-refractivity contribution >= 4 is 26.6 Å². The van der Waals surface area contributed by atoms with Crippen LogP contribution in [0.5, 0.6) is 0 Å². The van der Waals surface area contributed by atoms with Crippen molar-refractivity contribution in [2.24, 2.45) is 0 Å². The van der Waals surface area contributed by atoms with Gasteiger partial charge in [-0.2, -0.15) is 4.98 Å². The average Bonchev–Trinajstić information content (AvgIpc) is 3.00. The predicted molar refractivity (Wildman–Crippen MR) is 95.6 cm³/mol. The fraction of sp³-hybridized carbons (Fsp3) is 0.312. The molecule has 3 aromatic rings. The Kier molecular flexibility index (Phi) is 4.95. The molecule has 0 aliphatic heterocycles. The number of para-hydroxylation sites is 1. The second-order valence-corrected chi connectivity index (χ2v) is 7.84. The number of aliphatic hydroxyl groups excluding tert-OH is 1.